The maximum Gasteiger partial charge on any atom is 0.338 e. The van der Waals surface area contributed by atoms with E-state index in [1.54, 1.807) is 45.6 Å². The molecule has 1 spiro atoms. The average molecular weight is 586 g/mol. The lowest BCUT2D eigenvalue weighted by molar-refractivity contribution is -0.280. The number of Topliss-reactive ketones (excluding diaryl/α,β-unsaturated/α-hetero) is 1. The van der Waals surface area contributed by atoms with E-state index in [0.29, 0.717) is 31.7 Å². The fourth-order valence-corrected chi connectivity index (χ4v) is 11.7. The molecule has 2 N–H and O–H groups in total. The Morgan fingerprint density at radius 1 is 1.07 bits per heavy atom. The van der Waals surface area contributed by atoms with E-state index in [-0.39, 0.29) is 48.2 Å². The number of fused-ring (bicyclic) bond motifs is 2. The summed E-state index contributed by atoms with van der Waals surface area (Å²) in [6, 6.07) is 8.65. The number of hydrogen-bond acceptors (Lipinski definition) is 10. The summed E-state index contributed by atoms with van der Waals surface area (Å²) < 4.78 is 30.6. The Bertz CT molecular complexity index is 1250. The summed E-state index contributed by atoms with van der Waals surface area (Å²) in [7, 11) is 6.49. The lowest BCUT2D eigenvalue weighted by Crippen LogP contribution is -2.77. The van der Waals surface area contributed by atoms with Gasteiger partial charge in [-0.25, -0.2) is 4.79 Å². The normalized spacial score (nSPS) is 50.2. The molecule has 7 unspecified atom stereocenters. The van der Waals surface area contributed by atoms with Crippen molar-refractivity contribution >= 4 is 11.8 Å². The number of carbonyl (C=O) groups excluding carboxylic acids is 2. The molecule has 1 aliphatic heterocycles. The monoisotopic (exact) mass is 585 g/mol. The zero-order valence-electron chi connectivity index (χ0n) is 25.0. The van der Waals surface area contributed by atoms with Crippen molar-refractivity contribution in [3.63, 3.8) is 0 Å². The lowest BCUT2D eigenvalue weighted by Gasteiger charge is -2.69. The molecule has 0 radical (unpaired) electrons. The quantitative estimate of drug-likeness (QED) is 0.430. The number of hydrogen-bond donors (Lipinski definition) is 2. The third-order valence-electron chi connectivity index (χ3n) is 12.5. The Labute approximate surface area is 246 Å². The predicted octanol–water partition coefficient (Wildman–Crippen LogP) is 1.17. The minimum atomic E-state index is -1.70. The van der Waals surface area contributed by atoms with Crippen molar-refractivity contribution in [3.8, 4) is 0 Å². The van der Waals surface area contributed by atoms with Gasteiger partial charge in [-0.3, -0.25) is 9.69 Å². The fraction of sp³-hybridized carbons (Fsp3) is 0.750. The van der Waals surface area contributed by atoms with Crippen LogP contribution in [-0.4, -0.2) is 117 Å². The SMILES string of the molecule is CCN1C[C@@]2(COC)C3[C@@H](OC)C4C1C3(C(OC)C[C@H]2O)C1CC2(O)[C@H](OC(=O)c3ccccc3)[C@@H]1[C@@H]4C(=O)[C@@H]2OC. The topological polar surface area (TPSA) is 124 Å². The number of rotatable bonds is 8. The van der Waals surface area contributed by atoms with Gasteiger partial charge in [0.1, 0.15) is 17.8 Å². The highest BCUT2D eigenvalue weighted by molar-refractivity contribution is 5.92. The van der Waals surface area contributed by atoms with E-state index >= 15 is 0 Å². The standard InChI is InChI=1S/C32H43NO9/c1-6-33-14-30(15-38-2)18(34)12-19(39-3)32-17-13-31(37)27(42-29(36)16-10-8-7-9-11-16)20(17)21(23(35)28(31)41-5)22(26(32)33)24(40-4)25(30)32/h7-11,17-22,24-28,34,37H,6,12-15H2,1-5H3/t17?,18-,19?,20+,21+,22?,24+,25?,26?,27-,28+,30+,31?,32?/m1/s1. The number of benzene rings is 1. The predicted molar refractivity (Wildman–Crippen MR) is 148 cm³/mol. The third-order valence-corrected chi connectivity index (χ3v) is 12.5. The molecule has 0 aromatic heterocycles. The first kappa shape index (κ1) is 28.8. The molecule has 1 aromatic carbocycles. The van der Waals surface area contributed by atoms with E-state index in [1.807, 2.05) is 6.07 Å². The average Bonchev–Trinajstić information content (AvgIpc) is 3.33. The number of nitrogens with zero attached hydrogens (tertiary/aromatic N) is 1. The molecule has 6 aliphatic rings. The Balaban J connectivity index is 1.45. The van der Waals surface area contributed by atoms with E-state index in [1.165, 1.54) is 7.11 Å². The van der Waals surface area contributed by atoms with Gasteiger partial charge in [0.2, 0.25) is 0 Å². The van der Waals surface area contributed by atoms with Crippen molar-refractivity contribution in [1.29, 1.82) is 0 Å². The van der Waals surface area contributed by atoms with Gasteiger partial charge in [0, 0.05) is 81.9 Å². The highest BCUT2D eigenvalue weighted by atomic mass is 16.6. The number of esters is 1. The molecule has 6 fully saturated rings. The van der Waals surface area contributed by atoms with Gasteiger partial charge in [-0.1, -0.05) is 25.1 Å². The molecule has 42 heavy (non-hydrogen) atoms. The van der Waals surface area contributed by atoms with Crippen LogP contribution in [0.5, 0.6) is 0 Å². The number of methoxy groups -OCH3 is 4. The summed E-state index contributed by atoms with van der Waals surface area (Å²) in [5, 5.41) is 24.4. The Morgan fingerprint density at radius 3 is 2.43 bits per heavy atom. The van der Waals surface area contributed by atoms with E-state index in [2.05, 4.69) is 11.8 Å². The van der Waals surface area contributed by atoms with E-state index in [4.69, 9.17) is 23.7 Å². The molecule has 1 heterocycles. The van der Waals surface area contributed by atoms with Gasteiger partial charge in [0.15, 0.2) is 5.78 Å². The van der Waals surface area contributed by atoms with Crippen molar-refractivity contribution in [2.24, 2.45) is 40.4 Å². The zero-order valence-corrected chi connectivity index (χ0v) is 25.0. The third kappa shape index (κ3) is 3.19. The number of ether oxygens (including phenoxy) is 5. The molecule has 230 valence electrons. The molecule has 7 rings (SSSR count). The maximum atomic E-state index is 14.5. The molecule has 10 nitrogen and oxygen atoms in total. The van der Waals surface area contributed by atoms with Crippen LogP contribution in [0.1, 0.15) is 30.1 Å². The second-order valence-electron chi connectivity index (χ2n) is 13.5. The van der Waals surface area contributed by atoms with Crippen LogP contribution in [-0.2, 0) is 28.5 Å². The molecule has 0 amide bonds. The summed E-state index contributed by atoms with van der Waals surface area (Å²) in [6.07, 6.45) is -2.90. The molecule has 5 saturated carbocycles. The summed E-state index contributed by atoms with van der Waals surface area (Å²) in [5.41, 5.74) is -2.56. The van der Waals surface area contributed by atoms with Crippen molar-refractivity contribution in [2.45, 2.75) is 61.9 Å². The van der Waals surface area contributed by atoms with Crippen LogP contribution in [0.2, 0.25) is 0 Å². The van der Waals surface area contributed by atoms with Gasteiger partial charge in [-0.05, 0) is 31.0 Å². The zero-order chi connectivity index (χ0) is 29.8. The molecule has 1 saturated heterocycles. The number of piperidine rings is 1. The van der Waals surface area contributed by atoms with Gasteiger partial charge in [-0.15, -0.1) is 0 Å². The second kappa shape index (κ2) is 9.79. The van der Waals surface area contributed by atoms with Gasteiger partial charge in [0.05, 0.1) is 30.5 Å². The first-order valence-electron chi connectivity index (χ1n) is 15.2. The minimum Gasteiger partial charge on any atom is -0.455 e. The smallest absolute Gasteiger partial charge is 0.338 e. The summed E-state index contributed by atoms with van der Waals surface area (Å²) in [4.78, 5) is 30.4. The lowest BCUT2D eigenvalue weighted by atomic mass is 9.43. The van der Waals surface area contributed by atoms with Crippen LogP contribution in [0.4, 0.5) is 0 Å². The van der Waals surface area contributed by atoms with Crippen LogP contribution in [0.25, 0.3) is 0 Å². The molecule has 14 atom stereocenters. The van der Waals surface area contributed by atoms with Gasteiger partial charge in [-0.2, -0.15) is 0 Å². The molecular formula is C32H43NO9. The largest absolute Gasteiger partial charge is 0.455 e. The van der Waals surface area contributed by atoms with Crippen molar-refractivity contribution in [2.75, 3.05) is 48.1 Å². The van der Waals surface area contributed by atoms with E-state index < -0.39 is 52.5 Å². The molecule has 1 aromatic rings. The Morgan fingerprint density at radius 2 is 1.81 bits per heavy atom. The second-order valence-corrected chi connectivity index (χ2v) is 13.5. The van der Waals surface area contributed by atoms with E-state index in [9.17, 15) is 19.8 Å². The molecule has 10 heteroatoms. The molecular weight excluding hydrogens is 542 g/mol. The van der Waals surface area contributed by atoms with Crippen LogP contribution in [0.3, 0.4) is 0 Å². The van der Waals surface area contributed by atoms with Crippen molar-refractivity contribution in [3.05, 3.63) is 35.9 Å². The van der Waals surface area contributed by atoms with Gasteiger partial charge >= 0.3 is 5.97 Å². The highest BCUT2D eigenvalue weighted by Gasteiger charge is 2.87. The Kier molecular flexibility index (Phi) is 6.72. The number of ketones is 1. The number of likely N-dealkylation sites (tertiary alicyclic amines) is 1. The van der Waals surface area contributed by atoms with Crippen LogP contribution in [0.15, 0.2) is 30.3 Å². The number of carbonyl (C=O) groups is 2. The van der Waals surface area contributed by atoms with Crippen LogP contribution < -0.4 is 0 Å². The van der Waals surface area contributed by atoms with Crippen molar-refractivity contribution in [1.82, 2.24) is 4.90 Å². The van der Waals surface area contributed by atoms with E-state index in [0.717, 1.165) is 0 Å². The highest BCUT2D eigenvalue weighted by Crippen LogP contribution is 2.78. The van der Waals surface area contributed by atoms with Crippen molar-refractivity contribution < 1.29 is 43.5 Å². The molecule has 7 bridgehead atoms. The summed E-state index contributed by atoms with van der Waals surface area (Å²) in [6.45, 7) is 3.77. The Hall–Kier alpha value is -1.92. The van der Waals surface area contributed by atoms with Gasteiger partial charge in [0.25, 0.3) is 0 Å². The first-order chi connectivity index (χ1) is 20.2. The first-order valence-corrected chi connectivity index (χ1v) is 15.2. The molecule has 5 aliphatic carbocycles. The fourth-order valence-electron chi connectivity index (χ4n) is 11.7. The summed E-state index contributed by atoms with van der Waals surface area (Å²) in [5.74, 6) is -2.42. The number of aliphatic hydroxyl groups is 2. The summed E-state index contributed by atoms with van der Waals surface area (Å²) >= 11 is 0. The number of aliphatic hydroxyl groups excluding tert-OH is 1. The van der Waals surface area contributed by atoms with Crippen LogP contribution >= 0.6 is 0 Å². The van der Waals surface area contributed by atoms with Gasteiger partial charge < -0.3 is 33.9 Å². The minimum absolute atomic E-state index is 0.0847. The van der Waals surface area contributed by atoms with Crippen LogP contribution in [0, 0.1) is 40.4 Å². The maximum absolute atomic E-state index is 14.5.